The van der Waals surface area contributed by atoms with Crippen molar-refractivity contribution in [2.45, 2.75) is 25.4 Å². The van der Waals surface area contributed by atoms with Crippen LogP contribution in [-0.4, -0.2) is 22.6 Å². The van der Waals surface area contributed by atoms with Gasteiger partial charge in [-0.25, -0.2) is 0 Å². The van der Waals surface area contributed by atoms with Crippen molar-refractivity contribution in [3.8, 4) is 0 Å². The smallest absolute Gasteiger partial charge is 0.250 e. The highest BCUT2D eigenvalue weighted by Crippen LogP contribution is 2.35. The Morgan fingerprint density at radius 2 is 1.95 bits per heavy atom. The summed E-state index contributed by atoms with van der Waals surface area (Å²) in [6, 6.07) is 14.3. The molecule has 0 saturated carbocycles. The van der Waals surface area contributed by atoms with E-state index in [4.69, 9.17) is 0 Å². The molecule has 1 fully saturated rings. The van der Waals surface area contributed by atoms with Crippen LogP contribution in [0.2, 0.25) is 0 Å². The maximum atomic E-state index is 12.0. The minimum atomic E-state index is 0.160. The Hall–Kier alpha value is -1.39. The van der Waals surface area contributed by atoms with Crippen LogP contribution in [0.1, 0.15) is 23.6 Å². The molecule has 0 radical (unpaired) electrons. The van der Waals surface area contributed by atoms with E-state index in [9.17, 15) is 4.79 Å². The number of piperidine rings is 1. The first-order valence-corrected chi connectivity index (χ1v) is 8.65. The topological polar surface area (TPSA) is 25.2 Å². The molecule has 22 heavy (non-hydrogen) atoms. The molecule has 0 amide bonds. The van der Waals surface area contributed by atoms with E-state index in [1.807, 2.05) is 10.6 Å². The second-order valence-corrected chi connectivity index (χ2v) is 7.44. The fourth-order valence-corrected chi connectivity index (χ4v) is 4.46. The monoisotopic (exact) mass is 358 g/mol. The molecule has 4 rings (SSSR count). The number of pyridine rings is 1. The molecule has 1 aromatic heterocycles. The van der Waals surface area contributed by atoms with Crippen LogP contribution >= 0.6 is 15.9 Å². The van der Waals surface area contributed by atoms with E-state index in [0.717, 1.165) is 30.7 Å². The first-order valence-electron chi connectivity index (χ1n) is 7.85. The van der Waals surface area contributed by atoms with Gasteiger partial charge in [0.2, 0.25) is 0 Å². The van der Waals surface area contributed by atoms with E-state index in [2.05, 4.69) is 51.2 Å². The van der Waals surface area contributed by atoms with Crippen LogP contribution in [0.3, 0.4) is 0 Å². The zero-order valence-corrected chi connectivity index (χ0v) is 14.0. The molecular formula is C18H19BrN2O. The molecule has 3 heterocycles. The summed E-state index contributed by atoms with van der Waals surface area (Å²) >= 11 is 3.55. The molecular weight excluding hydrogens is 340 g/mol. The van der Waals surface area contributed by atoms with Gasteiger partial charge < -0.3 is 4.57 Å². The van der Waals surface area contributed by atoms with Crippen molar-refractivity contribution in [3.63, 3.8) is 0 Å². The first-order chi connectivity index (χ1) is 10.7. The molecule has 2 bridgehead atoms. The SMILES string of the molecule is O=c1cccc2n1C[C@H]1C[C@H]2CN(Cc2cccc(Br)c2)C1. The van der Waals surface area contributed by atoms with Gasteiger partial charge in [-0.05, 0) is 36.1 Å². The molecule has 0 spiro atoms. The molecule has 4 heteroatoms. The number of rotatable bonds is 2. The third kappa shape index (κ3) is 2.66. The highest BCUT2D eigenvalue weighted by atomic mass is 79.9. The van der Waals surface area contributed by atoms with Gasteiger partial charge in [-0.2, -0.15) is 0 Å². The molecule has 1 saturated heterocycles. The minimum Gasteiger partial charge on any atom is -0.312 e. The summed E-state index contributed by atoms with van der Waals surface area (Å²) in [5.74, 6) is 1.09. The number of aromatic nitrogens is 1. The summed E-state index contributed by atoms with van der Waals surface area (Å²) in [6.45, 7) is 4.00. The summed E-state index contributed by atoms with van der Waals surface area (Å²) < 4.78 is 3.13. The summed E-state index contributed by atoms with van der Waals surface area (Å²) in [5, 5.41) is 0. The van der Waals surface area contributed by atoms with Gasteiger partial charge >= 0.3 is 0 Å². The number of benzene rings is 1. The minimum absolute atomic E-state index is 0.160. The van der Waals surface area contributed by atoms with E-state index >= 15 is 0 Å². The molecule has 0 aliphatic carbocycles. The average Bonchev–Trinajstić information content (AvgIpc) is 2.48. The van der Waals surface area contributed by atoms with E-state index in [-0.39, 0.29) is 5.56 Å². The number of hydrogen-bond acceptors (Lipinski definition) is 2. The van der Waals surface area contributed by atoms with Crippen LogP contribution in [-0.2, 0) is 13.1 Å². The molecule has 2 aromatic rings. The maximum Gasteiger partial charge on any atom is 0.250 e. The fourth-order valence-electron chi connectivity index (χ4n) is 4.02. The molecule has 2 aliphatic rings. The number of likely N-dealkylation sites (tertiary alicyclic amines) is 1. The van der Waals surface area contributed by atoms with Crippen LogP contribution in [0.25, 0.3) is 0 Å². The zero-order valence-electron chi connectivity index (χ0n) is 12.4. The Bertz CT molecular complexity index is 755. The van der Waals surface area contributed by atoms with Crippen LogP contribution in [0.15, 0.2) is 51.7 Å². The highest BCUT2D eigenvalue weighted by molar-refractivity contribution is 9.10. The van der Waals surface area contributed by atoms with E-state index in [1.165, 1.54) is 17.7 Å². The Morgan fingerprint density at radius 3 is 2.82 bits per heavy atom. The predicted molar refractivity (Wildman–Crippen MR) is 91.0 cm³/mol. The van der Waals surface area contributed by atoms with Crippen molar-refractivity contribution < 1.29 is 0 Å². The second kappa shape index (κ2) is 5.67. The van der Waals surface area contributed by atoms with Crippen LogP contribution in [0.5, 0.6) is 0 Å². The van der Waals surface area contributed by atoms with Gasteiger partial charge in [0.25, 0.3) is 5.56 Å². The summed E-state index contributed by atoms with van der Waals surface area (Å²) in [4.78, 5) is 14.6. The first kappa shape index (κ1) is 14.2. The maximum absolute atomic E-state index is 12.0. The van der Waals surface area contributed by atoms with Gasteiger partial charge in [-0.1, -0.05) is 34.1 Å². The zero-order chi connectivity index (χ0) is 15.1. The Kier molecular flexibility index (Phi) is 3.66. The molecule has 0 N–H and O–H groups in total. The highest BCUT2D eigenvalue weighted by Gasteiger charge is 2.34. The molecule has 0 unspecified atom stereocenters. The largest absolute Gasteiger partial charge is 0.312 e. The van der Waals surface area contributed by atoms with E-state index < -0.39 is 0 Å². The van der Waals surface area contributed by atoms with E-state index in [0.29, 0.717) is 11.8 Å². The van der Waals surface area contributed by atoms with Gasteiger partial charge in [0.05, 0.1) is 0 Å². The second-order valence-electron chi connectivity index (χ2n) is 6.52. The van der Waals surface area contributed by atoms with Crippen LogP contribution in [0, 0.1) is 5.92 Å². The number of halogens is 1. The van der Waals surface area contributed by atoms with E-state index in [1.54, 1.807) is 6.07 Å². The predicted octanol–water partition coefficient (Wildman–Crippen LogP) is 3.23. The molecule has 3 nitrogen and oxygen atoms in total. The van der Waals surface area contributed by atoms with Gasteiger partial charge in [0.15, 0.2) is 0 Å². The van der Waals surface area contributed by atoms with Gasteiger partial charge in [-0.15, -0.1) is 0 Å². The molecule has 2 atom stereocenters. The lowest BCUT2D eigenvalue weighted by molar-refractivity contribution is 0.114. The standard InChI is InChI=1S/C18H19BrN2O/c19-16-4-1-3-13(8-16)9-20-10-14-7-15(12-20)17-5-2-6-18(22)21(17)11-14/h1-6,8,14-15H,7,9-12H2/t14-,15-/m0/s1. The summed E-state index contributed by atoms with van der Waals surface area (Å²) in [5.41, 5.74) is 2.73. The van der Waals surface area contributed by atoms with Gasteiger partial charge in [0, 0.05) is 48.3 Å². The Labute approximate surface area is 138 Å². The van der Waals surface area contributed by atoms with Crippen molar-refractivity contribution in [1.29, 1.82) is 0 Å². The lowest BCUT2D eigenvalue weighted by Gasteiger charge is -2.42. The van der Waals surface area contributed by atoms with Gasteiger partial charge in [0.1, 0.15) is 0 Å². The molecule has 1 aromatic carbocycles. The number of hydrogen-bond donors (Lipinski definition) is 0. The molecule has 114 valence electrons. The van der Waals surface area contributed by atoms with Crippen molar-refractivity contribution in [1.82, 2.24) is 9.47 Å². The normalized spacial score (nSPS) is 24.0. The van der Waals surface area contributed by atoms with Crippen molar-refractivity contribution >= 4 is 15.9 Å². The summed E-state index contributed by atoms with van der Waals surface area (Å²) in [7, 11) is 0. The fraction of sp³-hybridized carbons (Fsp3) is 0.389. The van der Waals surface area contributed by atoms with Crippen LogP contribution in [0.4, 0.5) is 0 Å². The van der Waals surface area contributed by atoms with Crippen molar-refractivity contribution in [3.05, 3.63) is 68.5 Å². The number of fused-ring (bicyclic) bond motifs is 4. The lowest BCUT2D eigenvalue weighted by Crippen LogP contribution is -2.46. The Balaban J connectivity index is 1.57. The van der Waals surface area contributed by atoms with Crippen molar-refractivity contribution in [2.75, 3.05) is 13.1 Å². The molecule has 2 aliphatic heterocycles. The Morgan fingerprint density at radius 1 is 1.09 bits per heavy atom. The van der Waals surface area contributed by atoms with Gasteiger partial charge in [-0.3, -0.25) is 9.69 Å². The number of nitrogens with zero attached hydrogens (tertiary/aromatic N) is 2. The third-order valence-corrected chi connectivity index (χ3v) is 5.34. The van der Waals surface area contributed by atoms with Crippen LogP contribution < -0.4 is 5.56 Å². The quantitative estimate of drug-likeness (QED) is 0.823. The van der Waals surface area contributed by atoms with Crippen molar-refractivity contribution in [2.24, 2.45) is 5.92 Å². The third-order valence-electron chi connectivity index (χ3n) is 4.85. The average molecular weight is 359 g/mol. The lowest BCUT2D eigenvalue weighted by atomic mass is 9.83. The summed E-state index contributed by atoms with van der Waals surface area (Å²) in [6.07, 6.45) is 1.22.